The lowest BCUT2D eigenvalue weighted by Crippen LogP contribution is -2.01. The predicted molar refractivity (Wildman–Crippen MR) is 88.8 cm³/mol. The van der Waals surface area contributed by atoms with E-state index in [2.05, 4.69) is 40.2 Å². The van der Waals surface area contributed by atoms with Crippen LogP contribution in [0.1, 0.15) is 36.0 Å². The lowest BCUT2D eigenvalue weighted by Gasteiger charge is -2.08. The standard InChI is InChI=1S/C16H22N4S/c1-5-7-17-14-6-8-18-15(9-14)10-21-16-19-12(3)11(2)13(4)20-16/h6,8-9H,5,7,10H2,1-4H3,(H,17,18). The molecule has 0 saturated heterocycles. The average molecular weight is 302 g/mol. The van der Waals surface area contributed by atoms with E-state index in [1.165, 1.54) is 5.56 Å². The molecule has 1 N–H and O–H groups in total. The number of hydrogen-bond donors (Lipinski definition) is 1. The highest BCUT2D eigenvalue weighted by Crippen LogP contribution is 2.21. The first-order chi connectivity index (χ1) is 10.1. The van der Waals surface area contributed by atoms with Gasteiger partial charge in [0.25, 0.3) is 0 Å². The smallest absolute Gasteiger partial charge is 0.188 e. The van der Waals surface area contributed by atoms with Crippen molar-refractivity contribution in [3.8, 4) is 0 Å². The second-order valence-electron chi connectivity index (χ2n) is 5.05. The Morgan fingerprint density at radius 1 is 1.14 bits per heavy atom. The lowest BCUT2D eigenvalue weighted by molar-refractivity contribution is 0.880. The Hall–Kier alpha value is -1.62. The maximum atomic E-state index is 4.53. The first kappa shape index (κ1) is 15.8. The van der Waals surface area contributed by atoms with E-state index in [1.807, 2.05) is 26.1 Å². The molecule has 0 spiro atoms. The number of aromatic nitrogens is 3. The molecule has 0 fully saturated rings. The van der Waals surface area contributed by atoms with Crippen LogP contribution in [0.4, 0.5) is 5.69 Å². The maximum absolute atomic E-state index is 4.53. The van der Waals surface area contributed by atoms with Crippen LogP contribution in [0.2, 0.25) is 0 Å². The fraction of sp³-hybridized carbons (Fsp3) is 0.438. The summed E-state index contributed by atoms with van der Waals surface area (Å²) in [6.45, 7) is 9.26. The van der Waals surface area contributed by atoms with Crippen LogP contribution in [-0.4, -0.2) is 21.5 Å². The van der Waals surface area contributed by atoms with Crippen molar-refractivity contribution in [2.45, 2.75) is 45.0 Å². The third-order valence-corrected chi connectivity index (χ3v) is 4.24. The Bertz CT molecular complexity index is 590. The largest absolute Gasteiger partial charge is 0.385 e. The minimum Gasteiger partial charge on any atom is -0.385 e. The molecule has 0 radical (unpaired) electrons. The predicted octanol–water partition coefficient (Wildman–Crippen LogP) is 3.91. The van der Waals surface area contributed by atoms with Gasteiger partial charge in [-0.3, -0.25) is 4.98 Å². The molecule has 2 aromatic rings. The van der Waals surface area contributed by atoms with Gasteiger partial charge in [0, 0.05) is 35.6 Å². The molecule has 0 aliphatic rings. The maximum Gasteiger partial charge on any atom is 0.188 e. The molecule has 2 aromatic heterocycles. The van der Waals surface area contributed by atoms with E-state index in [9.17, 15) is 0 Å². The highest BCUT2D eigenvalue weighted by molar-refractivity contribution is 7.98. The summed E-state index contributed by atoms with van der Waals surface area (Å²) >= 11 is 1.63. The van der Waals surface area contributed by atoms with Crippen LogP contribution in [0.15, 0.2) is 23.5 Å². The monoisotopic (exact) mass is 302 g/mol. The number of pyridine rings is 1. The van der Waals surface area contributed by atoms with Crippen molar-refractivity contribution in [1.82, 2.24) is 15.0 Å². The fourth-order valence-corrected chi connectivity index (χ4v) is 2.72. The Labute approximate surface area is 130 Å². The first-order valence-electron chi connectivity index (χ1n) is 7.23. The Morgan fingerprint density at radius 2 is 1.86 bits per heavy atom. The molecular weight excluding hydrogens is 280 g/mol. The molecule has 0 aliphatic carbocycles. The van der Waals surface area contributed by atoms with E-state index < -0.39 is 0 Å². The number of nitrogens with zero attached hydrogens (tertiary/aromatic N) is 3. The molecule has 0 bridgehead atoms. The van der Waals surface area contributed by atoms with Gasteiger partial charge >= 0.3 is 0 Å². The van der Waals surface area contributed by atoms with Gasteiger partial charge in [0.2, 0.25) is 0 Å². The number of thioether (sulfide) groups is 1. The zero-order chi connectivity index (χ0) is 15.2. The molecule has 2 rings (SSSR count). The normalized spacial score (nSPS) is 10.7. The van der Waals surface area contributed by atoms with Crippen molar-refractivity contribution in [2.24, 2.45) is 0 Å². The summed E-state index contributed by atoms with van der Waals surface area (Å²) in [5, 5.41) is 4.20. The van der Waals surface area contributed by atoms with Gasteiger partial charge in [-0.25, -0.2) is 9.97 Å². The van der Waals surface area contributed by atoms with Crippen LogP contribution in [0.5, 0.6) is 0 Å². The molecule has 4 nitrogen and oxygen atoms in total. The molecule has 5 heteroatoms. The summed E-state index contributed by atoms with van der Waals surface area (Å²) in [5.41, 5.74) is 5.44. The van der Waals surface area contributed by atoms with Gasteiger partial charge < -0.3 is 5.32 Å². The Kier molecular flexibility index (Phi) is 5.56. The second kappa shape index (κ2) is 7.41. The van der Waals surface area contributed by atoms with Crippen molar-refractivity contribution in [1.29, 1.82) is 0 Å². The van der Waals surface area contributed by atoms with E-state index >= 15 is 0 Å². The van der Waals surface area contributed by atoms with E-state index in [4.69, 9.17) is 0 Å². The molecule has 2 heterocycles. The Balaban J connectivity index is 2.03. The van der Waals surface area contributed by atoms with Gasteiger partial charge in [-0.05, 0) is 44.9 Å². The number of hydrogen-bond acceptors (Lipinski definition) is 5. The van der Waals surface area contributed by atoms with Crippen LogP contribution < -0.4 is 5.32 Å². The topological polar surface area (TPSA) is 50.7 Å². The quantitative estimate of drug-likeness (QED) is 0.647. The minimum atomic E-state index is 0.781. The van der Waals surface area contributed by atoms with E-state index in [0.717, 1.165) is 46.6 Å². The second-order valence-corrected chi connectivity index (χ2v) is 6.00. The molecule has 0 aromatic carbocycles. The van der Waals surface area contributed by atoms with E-state index in [1.54, 1.807) is 11.8 Å². The number of aryl methyl sites for hydroxylation is 2. The SMILES string of the molecule is CCCNc1ccnc(CSc2nc(C)c(C)c(C)n2)c1. The zero-order valence-corrected chi connectivity index (χ0v) is 13.9. The van der Waals surface area contributed by atoms with Gasteiger partial charge in [-0.1, -0.05) is 18.7 Å². The average Bonchev–Trinajstić information content (AvgIpc) is 2.49. The summed E-state index contributed by atoms with van der Waals surface area (Å²) in [5.74, 6) is 0.781. The number of nitrogens with one attached hydrogen (secondary N) is 1. The summed E-state index contributed by atoms with van der Waals surface area (Å²) in [7, 11) is 0. The molecule has 0 unspecified atom stereocenters. The van der Waals surface area contributed by atoms with Crippen molar-refractivity contribution in [3.63, 3.8) is 0 Å². The fourth-order valence-electron chi connectivity index (χ4n) is 1.88. The summed E-state index contributed by atoms with van der Waals surface area (Å²) in [6.07, 6.45) is 2.96. The molecule has 21 heavy (non-hydrogen) atoms. The molecular formula is C16H22N4S. The van der Waals surface area contributed by atoms with Crippen LogP contribution in [0.3, 0.4) is 0 Å². The van der Waals surface area contributed by atoms with Gasteiger partial charge in [0.1, 0.15) is 0 Å². The van der Waals surface area contributed by atoms with Crippen LogP contribution in [-0.2, 0) is 5.75 Å². The zero-order valence-electron chi connectivity index (χ0n) is 13.1. The van der Waals surface area contributed by atoms with Crippen molar-refractivity contribution >= 4 is 17.4 Å². The third kappa shape index (κ3) is 4.43. The lowest BCUT2D eigenvalue weighted by atomic mass is 10.2. The van der Waals surface area contributed by atoms with Gasteiger partial charge in [-0.2, -0.15) is 0 Å². The molecule has 0 amide bonds. The van der Waals surface area contributed by atoms with Crippen molar-refractivity contribution in [2.75, 3.05) is 11.9 Å². The van der Waals surface area contributed by atoms with Gasteiger partial charge in [0.05, 0.1) is 5.69 Å². The number of anilines is 1. The van der Waals surface area contributed by atoms with E-state index in [-0.39, 0.29) is 0 Å². The van der Waals surface area contributed by atoms with E-state index in [0.29, 0.717) is 0 Å². The van der Waals surface area contributed by atoms with Crippen LogP contribution >= 0.6 is 11.8 Å². The highest BCUT2D eigenvalue weighted by Gasteiger charge is 2.06. The number of rotatable bonds is 6. The summed E-state index contributed by atoms with van der Waals surface area (Å²) in [4.78, 5) is 13.5. The molecule has 112 valence electrons. The van der Waals surface area contributed by atoms with Crippen molar-refractivity contribution in [3.05, 3.63) is 41.0 Å². The van der Waals surface area contributed by atoms with Crippen LogP contribution in [0.25, 0.3) is 0 Å². The molecule has 0 atom stereocenters. The molecule has 0 saturated carbocycles. The summed E-state index contributed by atoms with van der Waals surface area (Å²) in [6, 6.07) is 4.09. The first-order valence-corrected chi connectivity index (χ1v) is 8.22. The minimum absolute atomic E-state index is 0.781. The summed E-state index contributed by atoms with van der Waals surface area (Å²) < 4.78 is 0. The van der Waals surface area contributed by atoms with Gasteiger partial charge in [-0.15, -0.1) is 0 Å². The van der Waals surface area contributed by atoms with Crippen LogP contribution in [0, 0.1) is 20.8 Å². The van der Waals surface area contributed by atoms with Gasteiger partial charge in [0.15, 0.2) is 5.16 Å². The highest BCUT2D eigenvalue weighted by atomic mass is 32.2. The van der Waals surface area contributed by atoms with Crippen molar-refractivity contribution < 1.29 is 0 Å². The Morgan fingerprint density at radius 3 is 2.52 bits per heavy atom. The third-order valence-electron chi connectivity index (χ3n) is 3.36. The molecule has 0 aliphatic heterocycles.